The van der Waals surface area contributed by atoms with Crippen molar-refractivity contribution in [3.8, 4) is 6.07 Å². The van der Waals surface area contributed by atoms with Crippen molar-refractivity contribution in [1.29, 1.82) is 5.26 Å². The van der Waals surface area contributed by atoms with Crippen molar-refractivity contribution >= 4 is 17.1 Å². The fraction of sp³-hybridized carbons (Fsp3) is 0.350. The smallest absolute Gasteiger partial charge is 0.103 e. The number of rotatable bonds is 1. The third kappa shape index (κ3) is 2.09. The van der Waals surface area contributed by atoms with Crippen LogP contribution in [0, 0.1) is 39.0 Å². The fourth-order valence-corrected chi connectivity index (χ4v) is 3.61. The number of benzene rings is 2. The van der Waals surface area contributed by atoms with Crippen molar-refractivity contribution in [2.75, 3.05) is 16.8 Å². The zero-order valence-corrected chi connectivity index (χ0v) is 14.7. The van der Waals surface area contributed by atoms with Crippen LogP contribution in [0.1, 0.15) is 34.7 Å². The molecule has 3 heteroatoms. The van der Waals surface area contributed by atoms with Crippen LogP contribution in [-0.4, -0.2) is 13.2 Å². The molecule has 0 amide bonds. The van der Waals surface area contributed by atoms with E-state index in [0.717, 1.165) is 16.9 Å². The summed E-state index contributed by atoms with van der Waals surface area (Å²) in [6.07, 6.45) is 0.179. The second-order valence-electron chi connectivity index (χ2n) is 6.51. The number of para-hydroxylation sites is 1. The Morgan fingerprint density at radius 1 is 1.00 bits per heavy atom. The van der Waals surface area contributed by atoms with E-state index in [4.69, 9.17) is 0 Å². The van der Waals surface area contributed by atoms with Gasteiger partial charge in [0.15, 0.2) is 0 Å². The summed E-state index contributed by atoms with van der Waals surface area (Å²) in [5, 5.41) is 9.46. The minimum atomic E-state index is 0.179. The third-order valence-corrected chi connectivity index (χ3v) is 5.25. The van der Waals surface area contributed by atoms with E-state index in [1.54, 1.807) is 0 Å². The van der Waals surface area contributed by atoms with Crippen molar-refractivity contribution in [2.24, 2.45) is 0 Å². The number of fused-ring (bicyclic) bond motifs is 1. The molecule has 0 unspecified atom stereocenters. The van der Waals surface area contributed by atoms with Crippen LogP contribution in [0.2, 0.25) is 0 Å². The van der Waals surface area contributed by atoms with Gasteiger partial charge in [0, 0.05) is 12.7 Å². The van der Waals surface area contributed by atoms with Gasteiger partial charge in [-0.25, -0.2) is 0 Å². The molecular weight excluding hydrogens is 282 g/mol. The van der Waals surface area contributed by atoms with Crippen molar-refractivity contribution in [3.05, 3.63) is 52.1 Å². The van der Waals surface area contributed by atoms with E-state index in [9.17, 15) is 5.26 Å². The Labute approximate surface area is 138 Å². The van der Waals surface area contributed by atoms with Crippen LogP contribution in [0.3, 0.4) is 0 Å². The minimum absolute atomic E-state index is 0.179. The Hall–Kier alpha value is -2.47. The van der Waals surface area contributed by atoms with Crippen molar-refractivity contribution in [3.63, 3.8) is 0 Å². The zero-order chi connectivity index (χ0) is 16.9. The van der Waals surface area contributed by atoms with Crippen LogP contribution in [0.5, 0.6) is 0 Å². The molecule has 1 aliphatic rings. The van der Waals surface area contributed by atoms with Crippen LogP contribution in [0.25, 0.3) is 0 Å². The highest BCUT2D eigenvalue weighted by atomic mass is 15.4. The van der Waals surface area contributed by atoms with E-state index in [-0.39, 0.29) is 6.17 Å². The van der Waals surface area contributed by atoms with E-state index in [2.05, 4.69) is 69.7 Å². The summed E-state index contributed by atoms with van der Waals surface area (Å²) in [6.45, 7) is 10.9. The van der Waals surface area contributed by atoms with Gasteiger partial charge in [-0.2, -0.15) is 5.26 Å². The van der Waals surface area contributed by atoms with E-state index in [1.165, 1.54) is 27.9 Å². The SMILES string of the molecule is Cc1cc(C)c(C)c(N2c3cccc(C#N)c3N(C)[C@@H]2C)c1C. The molecular formula is C20H23N3. The summed E-state index contributed by atoms with van der Waals surface area (Å²) < 4.78 is 0. The molecule has 0 fully saturated rings. The molecule has 2 aromatic carbocycles. The Kier molecular flexibility index (Phi) is 3.56. The molecule has 1 aliphatic heterocycles. The molecule has 118 valence electrons. The Morgan fingerprint density at radius 2 is 1.61 bits per heavy atom. The van der Waals surface area contributed by atoms with E-state index >= 15 is 0 Å². The monoisotopic (exact) mass is 305 g/mol. The molecule has 2 aromatic rings. The number of nitriles is 1. The molecule has 0 N–H and O–H groups in total. The first-order valence-electron chi connectivity index (χ1n) is 8.01. The largest absolute Gasteiger partial charge is 0.351 e. The van der Waals surface area contributed by atoms with Gasteiger partial charge in [-0.15, -0.1) is 0 Å². The number of aryl methyl sites for hydroxylation is 2. The van der Waals surface area contributed by atoms with Crippen LogP contribution in [0.4, 0.5) is 17.1 Å². The molecule has 1 heterocycles. The summed E-state index contributed by atoms with van der Waals surface area (Å²) in [7, 11) is 2.07. The predicted octanol–water partition coefficient (Wildman–Crippen LogP) is 4.73. The molecule has 0 bridgehead atoms. The van der Waals surface area contributed by atoms with E-state index in [1.807, 2.05) is 12.1 Å². The molecule has 3 nitrogen and oxygen atoms in total. The molecule has 0 saturated carbocycles. The van der Waals surface area contributed by atoms with E-state index < -0.39 is 0 Å². The van der Waals surface area contributed by atoms with Gasteiger partial charge in [-0.05, 0) is 69.0 Å². The lowest BCUT2D eigenvalue weighted by Gasteiger charge is -2.31. The molecule has 23 heavy (non-hydrogen) atoms. The lowest BCUT2D eigenvalue weighted by Crippen LogP contribution is -2.36. The van der Waals surface area contributed by atoms with Gasteiger partial charge in [-0.1, -0.05) is 12.1 Å². The lowest BCUT2D eigenvalue weighted by atomic mass is 9.97. The van der Waals surface area contributed by atoms with Gasteiger partial charge < -0.3 is 9.80 Å². The van der Waals surface area contributed by atoms with Crippen molar-refractivity contribution < 1.29 is 0 Å². The second-order valence-corrected chi connectivity index (χ2v) is 6.51. The highest BCUT2D eigenvalue weighted by molar-refractivity contribution is 5.89. The van der Waals surface area contributed by atoms with Crippen LogP contribution in [0.15, 0.2) is 24.3 Å². The van der Waals surface area contributed by atoms with Gasteiger partial charge >= 0.3 is 0 Å². The first kappa shape index (κ1) is 15.4. The summed E-state index contributed by atoms with van der Waals surface area (Å²) >= 11 is 0. The fourth-order valence-electron chi connectivity index (χ4n) is 3.61. The molecule has 1 atom stereocenters. The Morgan fingerprint density at radius 3 is 2.17 bits per heavy atom. The average Bonchev–Trinajstić information content (AvgIpc) is 2.78. The van der Waals surface area contributed by atoms with Gasteiger partial charge in [-0.3, -0.25) is 0 Å². The Balaban J connectivity index is 2.31. The van der Waals surface area contributed by atoms with E-state index in [0.29, 0.717) is 0 Å². The summed E-state index contributed by atoms with van der Waals surface area (Å²) in [6, 6.07) is 10.6. The maximum absolute atomic E-state index is 9.46. The lowest BCUT2D eigenvalue weighted by molar-refractivity contribution is 0.730. The number of hydrogen-bond acceptors (Lipinski definition) is 3. The quantitative estimate of drug-likeness (QED) is 0.763. The van der Waals surface area contributed by atoms with Gasteiger partial charge in [0.25, 0.3) is 0 Å². The molecule has 3 rings (SSSR count). The minimum Gasteiger partial charge on any atom is -0.351 e. The molecule has 0 saturated heterocycles. The first-order valence-corrected chi connectivity index (χ1v) is 8.01. The Bertz CT molecular complexity index is 804. The molecule has 0 radical (unpaired) electrons. The van der Waals surface area contributed by atoms with Gasteiger partial charge in [0.2, 0.25) is 0 Å². The van der Waals surface area contributed by atoms with Crippen molar-refractivity contribution in [1.82, 2.24) is 0 Å². The third-order valence-electron chi connectivity index (χ3n) is 5.25. The standard InChI is InChI=1S/C20H23N3/c1-12-10-13(2)15(4)19(14(12)3)23-16(5)22(6)20-17(11-21)8-7-9-18(20)23/h7-10,16H,1-6H3/t16-/m0/s1. The normalized spacial score (nSPS) is 16.5. The number of hydrogen-bond donors (Lipinski definition) is 0. The molecule has 0 aliphatic carbocycles. The van der Waals surface area contributed by atoms with Gasteiger partial charge in [0.1, 0.15) is 12.2 Å². The maximum atomic E-state index is 9.46. The van der Waals surface area contributed by atoms with Crippen LogP contribution in [-0.2, 0) is 0 Å². The van der Waals surface area contributed by atoms with Crippen LogP contribution >= 0.6 is 0 Å². The summed E-state index contributed by atoms with van der Waals surface area (Å²) in [4.78, 5) is 4.57. The maximum Gasteiger partial charge on any atom is 0.103 e. The van der Waals surface area contributed by atoms with Gasteiger partial charge in [0.05, 0.1) is 16.9 Å². The second kappa shape index (κ2) is 5.31. The highest BCUT2D eigenvalue weighted by Gasteiger charge is 2.35. The van der Waals surface area contributed by atoms with Crippen LogP contribution < -0.4 is 9.80 Å². The molecule has 0 aromatic heterocycles. The zero-order valence-electron chi connectivity index (χ0n) is 14.7. The topological polar surface area (TPSA) is 30.3 Å². The molecule has 0 spiro atoms. The number of anilines is 3. The highest BCUT2D eigenvalue weighted by Crippen LogP contribution is 2.47. The summed E-state index contributed by atoms with van der Waals surface area (Å²) in [5.41, 5.74) is 9.39. The predicted molar refractivity (Wildman–Crippen MR) is 96.6 cm³/mol. The van der Waals surface area contributed by atoms with Crippen molar-refractivity contribution in [2.45, 2.75) is 40.8 Å². The average molecular weight is 305 g/mol. The number of nitrogens with zero attached hydrogens (tertiary/aromatic N) is 3. The first-order chi connectivity index (χ1) is 10.9. The summed E-state index contributed by atoms with van der Waals surface area (Å²) in [5.74, 6) is 0.